The zero-order valence-electron chi connectivity index (χ0n) is 23.0. The largest absolute Gasteiger partial charge is 0.489 e. The van der Waals surface area contributed by atoms with Gasteiger partial charge in [-0.2, -0.15) is 0 Å². The van der Waals surface area contributed by atoms with E-state index < -0.39 is 11.6 Å². The smallest absolute Gasteiger partial charge is 0.251 e. The maximum absolute atomic E-state index is 13.4. The molecular weight excluding hydrogens is 506 g/mol. The molecule has 0 bridgehead atoms. The van der Waals surface area contributed by atoms with Crippen LogP contribution in [-0.4, -0.2) is 22.7 Å². The molecule has 4 heteroatoms. The highest BCUT2D eigenvalue weighted by Crippen LogP contribution is 2.27. The molecule has 41 heavy (non-hydrogen) atoms. The van der Waals surface area contributed by atoms with Crippen LogP contribution in [0.2, 0.25) is 0 Å². The van der Waals surface area contributed by atoms with E-state index in [4.69, 9.17) is 4.74 Å². The second-order valence-corrected chi connectivity index (χ2v) is 10.4. The second-order valence-electron chi connectivity index (χ2n) is 10.4. The Labute approximate surface area is 242 Å². The molecule has 206 valence electrons. The van der Waals surface area contributed by atoms with Gasteiger partial charge in [0.2, 0.25) is 0 Å². The van der Waals surface area contributed by atoms with E-state index in [1.54, 1.807) is 12.1 Å². The average molecular weight is 542 g/mol. The normalized spacial score (nSPS) is 11.9. The van der Waals surface area contributed by atoms with Crippen LogP contribution in [-0.2, 0) is 25.9 Å². The van der Waals surface area contributed by atoms with Crippen molar-refractivity contribution in [2.45, 2.75) is 37.5 Å². The van der Waals surface area contributed by atoms with Gasteiger partial charge >= 0.3 is 0 Å². The van der Waals surface area contributed by atoms with Crippen molar-refractivity contribution < 1.29 is 14.6 Å². The van der Waals surface area contributed by atoms with Crippen molar-refractivity contribution in [3.05, 3.63) is 173 Å². The Morgan fingerprint density at radius 1 is 0.610 bits per heavy atom. The standard InChI is InChI=1S/C37H35NO3/c39-36(33-19-11-4-12-20-33)38-35(25-29-21-23-34(24-22-29)41-28-32-17-9-3-10-18-32)37(40,26-30-13-5-1-6-14-30)27-31-15-7-2-8-16-31/h1-24,35,40H,25-28H2,(H,38,39)/t35-/m0/s1. The van der Waals surface area contributed by atoms with Crippen LogP contribution in [0, 0.1) is 0 Å². The fourth-order valence-electron chi connectivity index (χ4n) is 5.11. The number of rotatable bonds is 12. The number of ether oxygens (including phenoxy) is 1. The van der Waals surface area contributed by atoms with Crippen molar-refractivity contribution in [3.8, 4) is 5.75 Å². The van der Waals surface area contributed by atoms with E-state index in [0.717, 1.165) is 28.0 Å². The van der Waals surface area contributed by atoms with E-state index in [9.17, 15) is 9.90 Å². The minimum absolute atomic E-state index is 0.210. The number of carbonyl (C=O) groups is 1. The van der Waals surface area contributed by atoms with Gasteiger partial charge in [-0.15, -0.1) is 0 Å². The van der Waals surface area contributed by atoms with Gasteiger partial charge in [-0.05, 0) is 52.9 Å². The molecule has 0 aliphatic heterocycles. The molecule has 1 amide bonds. The molecule has 0 aliphatic rings. The molecule has 0 aliphatic carbocycles. The summed E-state index contributed by atoms with van der Waals surface area (Å²) < 4.78 is 5.98. The number of nitrogens with one attached hydrogen (secondary N) is 1. The molecule has 5 rings (SSSR count). The summed E-state index contributed by atoms with van der Waals surface area (Å²) in [6.45, 7) is 0.490. The Bertz CT molecular complexity index is 1450. The lowest BCUT2D eigenvalue weighted by molar-refractivity contribution is 0.00222. The zero-order valence-corrected chi connectivity index (χ0v) is 23.0. The van der Waals surface area contributed by atoms with Gasteiger partial charge < -0.3 is 15.2 Å². The third kappa shape index (κ3) is 7.93. The van der Waals surface area contributed by atoms with Crippen molar-refractivity contribution in [3.63, 3.8) is 0 Å². The number of carbonyl (C=O) groups excluding carboxylic acids is 1. The molecule has 4 nitrogen and oxygen atoms in total. The summed E-state index contributed by atoms with van der Waals surface area (Å²) in [4.78, 5) is 13.4. The first-order valence-corrected chi connectivity index (χ1v) is 14.0. The number of hydrogen-bond donors (Lipinski definition) is 2. The predicted molar refractivity (Wildman–Crippen MR) is 164 cm³/mol. The molecule has 2 N–H and O–H groups in total. The molecular formula is C37H35NO3. The Hall–Kier alpha value is -4.67. The molecule has 5 aromatic carbocycles. The van der Waals surface area contributed by atoms with E-state index in [1.165, 1.54) is 0 Å². The first-order valence-electron chi connectivity index (χ1n) is 14.0. The molecule has 0 saturated carbocycles. The Kier molecular flexibility index (Phi) is 9.25. The number of amides is 1. The monoisotopic (exact) mass is 541 g/mol. The molecule has 0 spiro atoms. The second kappa shape index (κ2) is 13.6. The topological polar surface area (TPSA) is 58.6 Å². The van der Waals surface area contributed by atoms with Gasteiger partial charge in [0.05, 0.1) is 11.6 Å². The lowest BCUT2D eigenvalue weighted by Gasteiger charge is -2.37. The highest BCUT2D eigenvalue weighted by Gasteiger charge is 2.38. The Morgan fingerprint density at radius 2 is 1.07 bits per heavy atom. The van der Waals surface area contributed by atoms with E-state index in [0.29, 0.717) is 31.4 Å². The maximum atomic E-state index is 13.4. The summed E-state index contributed by atoms with van der Waals surface area (Å²) >= 11 is 0. The van der Waals surface area contributed by atoms with Crippen LogP contribution in [0.25, 0.3) is 0 Å². The first kappa shape index (κ1) is 27.9. The molecule has 0 saturated heterocycles. The van der Waals surface area contributed by atoms with Gasteiger partial charge in [-0.1, -0.05) is 121 Å². The van der Waals surface area contributed by atoms with Gasteiger partial charge in [-0.25, -0.2) is 0 Å². The van der Waals surface area contributed by atoms with Crippen molar-refractivity contribution in [2.24, 2.45) is 0 Å². The van der Waals surface area contributed by atoms with Crippen LogP contribution >= 0.6 is 0 Å². The Balaban J connectivity index is 1.42. The average Bonchev–Trinajstić information content (AvgIpc) is 3.02. The summed E-state index contributed by atoms with van der Waals surface area (Å²) in [7, 11) is 0. The number of hydrogen-bond acceptors (Lipinski definition) is 3. The van der Waals surface area contributed by atoms with Crippen molar-refractivity contribution in [1.82, 2.24) is 5.32 Å². The molecule has 1 atom stereocenters. The lowest BCUT2D eigenvalue weighted by Crippen LogP contribution is -2.56. The fraction of sp³-hybridized carbons (Fsp3) is 0.162. The van der Waals surface area contributed by atoms with Crippen molar-refractivity contribution in [2.75, 3.05) is 0 Å². The molecule has 0 aromatic heterocycles. The summed E-state index contributed by atoms with van der Waals surface area (Å²) in [6.07, 6.45) is 1.23. The summed E-state index contributed by atoms with van der Waals surface area (Å²) in [6, 6.07) is 46.5. The summed E-state index contributed by atoms with van der Waals surface area (Å²) in [5, 5.41) is 15.7. The zero-order chi connectivity index (χ0) is 28.3. The van der Waals surface area contributed by atoms with E-state index >= 15 is 0 Å². The van der Waals surface area contributed by atoms with Crippen LogP contribution < -0.4 is 10.1 Å². The SMILES string of the molecule is O=C(N[C@@H](Cc1ccc(OCc2ccccc2)cc1)C(O)(Cc1ccccc1)Cc1ccccc1)c1ccccc1. The van der Waals surface area contributed by atoms with Crippen molar-refractivity contribution in [1.29, 1.82) is 0 Å². The lowest BCUT2D eigenvalue weighted by atomic mass is 9.79. The van der Waals surface area contributed by atoms with Crippen LogP contribution in [0.3, 0.4) is 0 Å². The quantitative estimate of drug-likeness (QED) is 0.182. The maximum Gasteiger partial charge on any atom is 0.251 e. The van der Waals surface area contributed by atoms with Gasteiger partial charge in [0.15, 0.2) is 0 Å². The molecule has 0 fully saturated rings. The van der Waals surface area contributed by atoms with Crippen LogP contribution in [0.1, 0.15) is 32.6 Å². The highest BCUT2D eigenvalue weighted by atomic mass is 16.5. The van der Waals surface area contributed by atoms with E-state index in [2.05, 4.69) is 5.32 Å². The van der Waals surface area contributed by atoms with Gasteiger partial charge in [0.25, 0.3) is 5.91 Å². The van der Waals surface area contributed by atoms with Gasteiger partial charge in [0.1, 0.15) is 12.4 Å². The summed E-state index contributed by atoms with van der Waals surface area (Å²) in [5.74, 6) is 0.560. The van der Waals surface area contributed by atoms with Crippen molar-refractivity contribution >= 4 is 5.91 Å². The third-order valence-electron chi connectivity index (χ3n) is 7.31. The highest BCUT2D eigenvalue weighted by molar-refractivity contribution is 5.94. The number of aliphatic hydroxyl groups is 1. The van der Waals surface area contributed by atoms with E-state index in [1.807, 2.05) is 133 Å². The first-order chi connectivity index (χ1) is 20.1. The van der Waals surface area contributed by atoms with Gasteiger partial charge in [-0.3, -0.25) is 4.79 Å². The van der Waals surface area contributed by atoms with Gasteiger partial charge in [0, 0.05) is 18.4 Å². The minimum Gasteiger partial charge on any atom is -0.489 e. The minimum atomic E-state index is -1.25. The molecule has 0 radical (unpaired) electrons. The van der Waals surface area contributed by atoms with E-state index in [-0.39, 0.29) is 5.91 Å². The molecule has 0 heterocycles. The fourth-order valence-corrected chi connectivity index (χ4v) is 5.11. The number of benzene rings is 5. The van der Waals surface area contributed by atoms with Crippen LogP contribution in [0.15, 0.2) is 146 Å². The predicted octanol–water partition coefficient (Wildman–Crippen LogP) is 6.82. The van der Waals surface area contributed by atoms with Crippen LogP contribution in [0.4, 0.5) is 0 Å². The molecule has 5 aromatic rings. The van der Waals surface area contributed by atoms with Crippen LogP contribution in [0.5, 0.6) is 5.75 Å². The Morgan fingerprint density at radius 3 is 1.59 bits per heavy atom. The summed E-state index contributed by atoms with van der Waals surface area (Å²) in [5.41, 5.74) is 3.42. The molecule has 0 unspecified atom stereocenters. The third-order valence-corrected chi connectivity index (χ3v) is 7.31.